The van der Waals surface area contributed by atoms with Gasteiger partial charge in [0.2, 0.25) is 0 Å². The molecule has 1 aliphatic rings. The lowest BCUT2D eigenvalue weighted by Gasteiger charge is -2.10. The first-order valence-corrected chi connectivity index (χ1v) is 6.84. The molecule has 1 heterocycles. The van der Waals surface area contributed by atoms with Crippen LogP contribution in [0, 0.1) is 6.92 Å². The zero-order valence-electron chi connectivity index (χ0n) is 12.1. The van der Waals surface area contributed by atoms with Gasteiger partial charge in [0.25, 0.3) is 0 Å². The van der Waals surface area contributed by atoms with Crippen molar-refractivity contribution in [3.63, 3.8) is 0 Å². The van der Waals surface area contributed by atoms with Gasteiger partial charge in [-0.05, 0) is 42.8 Å². The number of nitrogens with one attached hydrogen (secondary N) is 2. The third kappa shape index (κ3) is 2.71. The van der Waals surface area contributed by atoms with Crippen molar-refractivity contribution in [2.24, 2.45) is 0 Å². The predicted molar refractivity (Wildman–Crippen MR) is 82.8 cm³/mol. The SMILES string of the molecule is COc1cccc([C@H]2C=C(c3cc(C)ccc3O)NN2)c1. The van der Waals surface area contributed by atoms with Crippen LogP contribution < -0.4 is 15.6 Å². The number of ether oxygens (including phenoxy) is 1. The summed E-state index contributed by atoms with van der Waals surface area (Å²) in [4.78, 5) is 0. The van der Waals surface area contributed by atoms with Gasteiger partial charge in [-0.2, -0.15) is 0 Å². The smallest absolute Gasteiger partial charge is 0.124 e. The number of aryl methyl sites for hydroxylation is 1. The van der Waals surface area contributed by atoms with E-state index in [0.29, 0.717) is 0 Å². The van der Waals surface area contributed by atoms with Crippen molar-refractivity contribution in [1.29, 1.82) is 0 Å². The second kappa shape index (κ2) is 5.50. The fourth-order valence-electron chi connectivity index (χ4n) is 2.44. The lowest BCUT2D eigenvalue weighted by molar-refractivity contribution is 0.413. The fraction of sp³-hybridized carbons (Fsp3) is 0.176. The molecule has 0 aromatic heterocycles. The molecule has 0 unspecified atom stereocenters. The van der Waals surface area contributed by atoms with Gasteiger partial charge in [0.15, 0.2) is 0 Å². The summed E-state index contributed by atoms with van der Waals surface area (Å²) in [6, 6.07) is 13.5. The van der Waals surface area contributed by atoms with Crippen molar-refractivity contribution < 1.29 is 9.84 Å². The number of rotatable bonds is 3. The van der Waals surface area contributed by atoms with E-state index in [9.17, 15) is 5.11 Å². The van der Waals surface area contributed by atoms with E-state index >= 15 is 0 Å². The average Bonchev–Trinajstić information content (AvgIpc) is 2.99. The highest BCUT2D eigenvalue weighted by molar-refractivity contribution is 5.71. The van der Waals surface area contributed by atoms with Gasteiger partial charge in [-0.1, -0.05) is 23.8 Å². The predicted octanol–water partition coefficient (Wildman–Crippen LogP) is 2.90. The number of aromatic hydroxyl groups is 1. The number of hydrogen-bond acceptors (Lipinski definition) is 4. The number of methoxy groups -OCH3 is 1. The molecule has 0 fully saturated rings. The molecule has 108 valence electrons. The van der Waals surface area contributed by atoms with Crippen LogP contribution in [-0.4, -0.2) is 12.2 Å². The van der Waals surface area contributed by atoms with E-state index in [0.717, 1.165) is 28.1 Å². The zero-order valence-corrected chi connectivity index (χ0v) is 12.1. The molecule has 21 heavy (non-hydrogen) atoms. The molecule has 0 aliphatic carbocycles. The van der Waals surface area contributed by atoms with Gasteiger partial charge in [-0.3, -0.25) is 0 Å². The van der Waals surface area contributed by atoms with Crippen LogP contribution in [0.3, 0.4) is 0 Å². The van der Waals surface area contributed by atoms with E-state index in [1.807, 2.05) is 43.3 Å². The Morgan fingerprint density at radius 2 is 2.00 bits per heavy atom. The number of hydrogen-bond donors (Lipinski definition) is 3. The van der Waals surface area contributed by atoms with Crippen LogP contribution in [0.15, 0.2) is 48.5 Å². The molecule has 3 rings (SSSR count). The molecule has 4 nitrogen and oxygen atoms in total. The van der Waals surface area contributed by atoms with Crippen LogP contribution in [0.4, 0.5) is 0 Å². The van der Waals surface area contributed by atoms with Gasteiger partial charge in [0.1, 0.15) is 11.5 Å². The summed E-state index contributed by atoms with van der Waals surface area (Å²) in [6.07, 6.45) is 2.06. The van der Waals surface area contributed by atoms with E-state index in [1.54, 1.807) is 13.2 Å². The maximum atomic E-state index is 10.0. The Bertz CT molecular complexity index is 695. The molecule has 0 radical (unpaired) electrons. The molecule has 3 N–H and O–H groups in total. The Balaban J connectivity index is 1.91. The number of benzene rings is 2. The minimum absolute atomic E-state index is 0.0370. The number of hydrazine groups is 1. The highest BCUT2D eigenvalue weighted by Gasteiger charge is 2.19. The topological polar surface area (TPSA) is 53.5 Å². The first-order valence-electron chi connectivity index (χ1n) is 6.84. The average molecular weight is 282 g/mol. The molecule has 2 aromatic rings. The van der Waals surface area contributed by atoms with Crippen LogP contribution in [0.5, 0.6) is 11.5 Å². The molecule has 0 saturated heterocycles. The maximum Gasteiger partial charge on any atom is 0.124 e. The Hall–Kier alpha value is -2.46. The van der Waals surface area contributed by atoms with Crippen molar-refractivity contribution in [3.8, 4) is 11.5 Å². The molecule has 2 aromatic carbocycles. The van der Waals surface area contributed by atoms with Gasteiger partial charge in [0.05, 0.1) is 18.8 Å². The normalized spacial score (nSPS) is 17.2. The van der Waals surface area contributed by atoms with E-state index in [1.165, 1.54) is 0 Å². The largest absolute Gasteiger partial charge is 0.507 e. The van der Waals surface area contributed by atoms with E-state index in [2.05, 4.69) is 16.9 Å². The van der Waals surface area contributed by atoms with Gasteiger partial charge in [-0.15, -0.1) is 0 Å². The van der Waals surface area contributed by atoms with Crippen molar-refractivity contribution in [2.45, 2.75) is 13.0 Å². The van der Waals surface area contributed by atoms with Gasteiger partial charge in [0, 0.05) is 5.56 Å². The number of phenolic OH excluding ortho intramolecular Hbond substituents is 1. The highest BCUT2D eigenvalue weighted by atomic mass is 16.5. The third-order valence-corrected chi connectivity index (χ3v) is 3.59. The van der Waals surface area contributed by atoms with Crippen LogP contribution in [-0.2, 0) is 0 Å². The fourth-order valence-corrected chi connectivity index (χ4v) is 2.44. The molecule has 0 bridgehead atoms. The second-order valence-electron chi connectivity index (χ2n) is 5.12. The van der Waals surface area contributed by atoms with Gasteiger partial charge >= 0.3 is 0 Å². The molecular weight excluding hydrogens is 264 g/mol. The standard InChI is InChI=1S/C17H18N2O2/c1-11-6-7-17(20)14(8-11)16-10-15(18-19-16)12-4-3-5-13(9-12)21-2/h3-10,15,18-20H,1-2H3/t15-/m1/s1. The van der Waals surface area contributed by atoms with Crippen molar-refractivity contribution in [1.82, 2.24) is 10.9 Å². The first-order chi connectivity index (χ1) is 10.2. The van der Waals surface area contributed by atoms with Crippen LogP contribution in [0.1, 0.15) is 22.7 Å². The third-order valence-electron chi connectivity index (χ3n) is 3.59. The molecule has 1 aliphatic heterocycles. The van der Waals surface area contributed by atoms with Crippen molar-refractivity contribution in [3.05, 3.63) is 65.2 Å². The number of phenols is 1. The summed E-state index contributed by atoms with van der Waals surface area (Å²) < 4.78 is 5.25. The summed E-state index contributed by atoms with van der Waals surface area (Å²) in [7, 11) is 1.66. The summed E-state index contributed by atoms with van der Waals surface area (Å²) >= 11 is 0. The first kappa shape index (κ1) is 13.5. The summed E-state index contributed by atoms with van der Waals surface area (Å²) in [5, 5.41) is 10.0. The monoisotopic (exact) mass is 282 g/mol. The van der Waals surface area contributed by atoms with Crippen LogP contribution in [0.25, 0.3) is 5.70 Å². The molecule has 4 heteroatoms. The van der Waals surface area contributed by atoms with E-state index in [-0.39, 0.29) is 11.8 Å². The maximum absolute atomic E-state index is 10.0. The minimum Gasteiger partial charge on any atom is -0.507 e. The Kier molecular flexibility index (Phi) is 3.54. The summed E-state index contributed by atoms with van der Waals surface area (Å²) in [6.45, 7) is 2.01. The van der Waals surface area contributed by atoms with E-state index < -0.39 is 0 Å². The highest BCUT2D eigenvalue weighted by Crippen LogP contribution is 2.30. The van der Waals surface area contributed by atoms with E-state index in [4.69, 9.17) is 4.74 Å². The van der Waals surface area contributed by atoms with Crippen LogP contribution >= 0.6 is 0 Å². The Morgan fingerprint density at radius 3 is 2.81 bits per heavy atom. The lowest BCUT2D eigenvalue weighted by Crippen LogP contribution is -2.26. The molecule has 0 amide bonds. The minimum atomic E-state index is 0.0370. The second-order valence-corrected chi connectivity index (χ2v) is 5.12. The van der Waals surface area contributed by atoms with Crippen LogP contribution in [0.2, 0.25) is 0 Å². The Morgan fingerprint density at radius 1 is 1.14 bits per heavy atom. The molecule has 0 spiro atoms. The van der Waals surface area contributed by atoms with Crippen molar-refractivity contribution in [2.75, 3.05) is 7.11 Å². The summed E-state index contributed by atoms with van der Waals surface area (Å²) in [5.41, 5.74) is 10.2. The Labute approximate surface area is 124 Å². The van der Waals surface area contributed by atoms with Gasteiger partial charge in [-0.25, -0.2) is 5.43 Å². The molecule has 1 atom stereocenters. The lowest BCUT2D eigenvalue weighted by atomic mass is 10.0. The summed E-state index contributed by atoms with van der Waals surface area (Å²) in [5.74, 6) is 1.10. The van der Waals surface area contributed by atoms with Gasteiger partial charge < -0.3 is 15.3 Å². The zero-order chi connectivity index (χ0) is 14.8. The molecule has 0 saturated carbocycles. The molecular formula is C17H18N2O2. The quantitative estimate of drug-likeness (QED) is 0.810. The van der Waals surface area contributed by atoms with Crippen molar-refractivity contribution >= 4 is 5.70 Å².